The third-order valence-corrected chi connectivity index (χ3v) is 8.14. The van der Waals surface area contributed by atoms with Crippen LogP contribution in [0.2, 0.25) is 0 Å². The standard InChI is InChI=1S/C23H28F2N4O3S/c24-19-6-7-22(21(25)14-19)33(31,32)29-12-10-27(11-13-29)17-23(30)26-15-18-8-9-28(16-18)20-4-2-1-3-5-20/h1-7,14,18H,8-13,15-17H2,(H,26,30). The number of hydrogen-bond donors (Lipinski definition) is 1. The van der Waals surface area contributed by atoms with Crippen LogP contribution in [0.4, 0.5) is 14.5 Å². The van der Waals surface area contributed by atoms with Crippen LogP contribution in [-0.2, 0) is 14.8 Å². The van der Waals surface area contributed by atoms with Crippen LogP contribution >= 0.6 is 0 Å². The fraction of sp³-hybridized carbons (Fsp3) is 0.435. The summed E-state index contributed by atoms with van der Waals surface area (Å²) in [4.78, 5) is 16.1. The van der Waals surface area contributed by atoms with Gasteiger partial charge in [-0.25, -0.2) is 17.2 Å². The lowest BCUT2D eigenvalue weighted by Crippen LogP contribution is -2.51. The van der Waals surface area contributed by atoms with Crippen LogP contribution in [0.1, 0.15) is 6.42 Å². The van der Waals surface area contributed by atoms with Crippen LogP contribution in [0, 0.1) is 17.6 Å². The van der Waals surface area contributed by atoms with Crippen molar-refractivity contribution in [3.05, 3.63) is 60.2 Å². The number of amides is 1. The highest BCUT2D eigenvalue weighted by Crippen LogP contribution is 2.23. The minimum absolute atomic E-state index is 0.0888. The Kier molecular flexibility index (Phi) is 7.26. The van der Waals surface area contributed by atoms with Crippen LogP contribution < -0.4 is 10.2 Å². The maximum Gasteiger partial charge on any atom is 0.246 e. The number of hydrogen-bond acceptors (Lipinski definition) is 5. The molecule has 2 aliphatic heterocycles. The van der Waals surface area contributed by atoms with E-state index in [1.54, 1.807) is 0 Å². The van der Waals surface area contributed by atoms with Crippen molar-refractivity contribution in [3.8, 4) is 0 Å². The van der Waals surface area contributed by atoms with Gasteiger partial charge in [0, 0.05) is 57.6 Å². The molecule has 2 fully saturated rings. The van der Waals surface area contributed by atoms with Gasteiger partial charge in [-0.2, -0.15) is 4.31 Å². The third kappa shape index (κ3) is 5.69. The average Bonchev–Trinajstić information content (AvgIpc) is 3.28. The van der Waals surface area contributed by atoms with Crippen molar-refractivity contribution in [2.75, 3.05) is 57.3 Å². The molecule has 0 bridgehead atoms. The van der Waals surface area contributed by atoms with Crippen LogP contribution in [0.3, 0.4) is 0 Å². The van der Waals surface area contributed by atoms with Crippen molar-refractivity contribution in [3.63, 3.8) is 0 Å². The summed E-state index contributed by atoms with van der Waals surface area (Å²) in [6.45, 7) is 3.67. The number of nitrogens with zero attached hydrogens (tertiary/aromatic N) is 3. The minimum atomic E-state index is -4.05. The molecule has 33 heavy (non-hydrogen) atoms. The number of rotatable bonds is 7. The van der Waals surface area contributed by atoms with Gasteiger partial charge in [-0.3, -0.25) is 9.69 Å². The van der Waals surface area contributed by atoms with Crippen LogP contribution in [0.15, 0.2) is 53.4 Å². The SMILES string of the molecule is O=C(CN1CCN(S(=O)(=O)c2ccc(F)cc2F)CC1)NCC1CCN(c2ccccc2)C1. The molecular formula is C23H28F2N4O3S. The van der Waals surface area contributed by atoms with Gasteiger partial charge in [0.15, 0.2) is 0 Å². The predicted octanol–water partition coefficient (Wildman–Crippen LogP) is 1.91. The molecule has 1 unspecified atom stereocenters. The Morgan fingerprint density at radius 2 is 1.73 bits per heavy atom. The Balaban J connectivity index is 1.21. The molecule has 1 atom stereocenters. The summed E-state index contributed by atoms with van der Waals surface area (Å²) in [5.41, 5.74) is 1.19. The number of carbonyl (C=O) groups is 1. The Bertz CT molecular complexity index is 1080. The summed E-state index contributed by atoms with van der Waals surface area (Å²) in [7, 11) is -4.05. The number of nitrogens with one attached hydrogen (secondary N) is 1. The molecule has 0 spiro atoms. The quantitative estimate of drug-likeness (QED) is 0.658. The topological polar surface area (TPSA) is 73.0 Å². The first-order valence-corrected chi connectivity index (χ1v) is 12.5. The van der Waals surface area contributed by atoms with Gasteiger partial charge in [-0.05, 0) is 36.6 Å². The van der Waals surface area contributed by atoms with E-state index in [1.165, 1.54) is 9.99 Å². The number of carbonyl (C=O) groups excluding carboxylic acids is 1. The van der Waals surface area contributed by atoms with E-state index in [0.717, 1.165) is 31.6 Å². The van der Waals surface area contributed by atoms with E-state index in [-0.39, 0.29) is 25.5 Å². The molecule has 2 aliphatic rings. The summed E-state index contributed by atoms with van der Waals surface area (Å²) in [5.74, 6) is -1.63. The van der Waals surface area contributed by atoms with Gasteiger partial charge in [0.1, 0.15) is 16.5 Å². The minimum Gasteiger partial charge on any atom is -0.371 e. The second-order valence-electron chi connectivity index (χ2n) is 8.50. The molecule has 0 saturated carbocycles. The van der Waals surface area contributed by atoms with Crippen molar-refractivity contribution >= 4 is 21.6 Å². The lowest BCUT2D eigenvalue weighted by molar-refractivity contribution is -0.122. The molecule has 2 heterocycles. The smallest absolute Gasteiger partial charge is 0.246 e. The highest BCUT2D eigenvalue weighted by molar-refractivity contribution is 7.89. The van der Waals surface area contributed by atoms with Gasteiger partial charge in [0.05, 0.1) is 6.54 Å². The van der Waals surface area contributed by atoms with E-state index in [9.17, 15) is 22.0 Å². The van der Waals surface area contributed by atoms with Gasteiger partial charge < -0.3 is 10.2 Å². The highest BCUT2D eigenvalue weighted by atomic mass is 32.2. The summed E-state index contributed by atoms with van der Waals surface area (Å²) in [5, 5.41) is 3.00. The first-order valence-electron chi connectivity index (χ1n) is 11.1. The normalized spacial score (nSPS) is 20.2. The molecule has 10 heteroatoms. The maximum absolute atomic E-state index is 14.0. The maximum atomic E-state index is 14.0. The van der Waals surface area contributed by atoms with Crippen molar-refractivity contribution in [2.45, 2.75) is 11.3 Å². The van der Waals surface area contributed by atoms with E-state index in [0.29, 0.717) is 31.6 Å². The molecule has 2 aromatic rings. The molecule has 0 aliphatic carbocycles. The number of sulfonamides is 1. The third-order valence-electron chi connectivity index (χ3n) is 6.21. The summed E-state index contributed by atoms with van der Waals surface area (Å²) in [6.07, 6.45) is 1.02. The summed E-state index contributed by atoms with van der Waals surface area (Å²) >= 11 is 0. The summed E-state index contributed by atoms with van der Waals surface area (Å²) in [6, 6.07) is 12.7. The zero-order valence-electron chi connectivity index (χ0n) is 18.3. The zero-order chi connectivity index (χ0) is 23.4. The van der Waals surface area contributed by atoms with E-state index in [2.05, 4.69) is 22.3 Å². The lowest BCUT2D eigenvalue weighted by Gasteiger charge is -2.33. The van der Waals surface area contributed by atoms with Gasteiger partial charge in [-0.15, -0.1) is 0 Å². The molecule has 178 valence electrons. The van der Waals surface area contributed by atoms with E-state index >= 15 is 0 Å². The summed E-state index contributed by atoms with van der Waals surface area (Å²) < 4.78 is 53.6. The van der Waals surface area contributed by atoms with E-state index in [4.69, 9.17) is 0 Å². The number of para-hydroxylation sites is 1. The van der Waals surface area contributed by atoms with E-state index in [1.807, 2.05) is 23.1 Å². The molecule has 1 amide bonds. The molecule has 0 radical (unpaired) electrons. The van der Waals surface area contributed by atoms with Crippen molar-refractivity contribution in [2.24, 2.45) is 5.92 Å². The number of piperazine rings is 1. The largest absolute Gasteiger partial charge is 0.371 e. The van der Waals surface area contributed by atoms with Crippen LogP contribution in [-0.4, -0.2) is 75.9 Å². The molecule has 0 aromatic heterocycles. The second kappa shape index (κ2) is 10.1. The monoisotopic (exact) mass is 478 g/mol. The first kappa shape index (κ1) is 23.6. The Morgan fingerprint density at radius 1 is 1.00 bits per heavy atom. The van der Waals surface area contributed by atoms with Gasteiger partial charge in [-0.1, -0.05) is 18.2 Å². The van der Waals surface area contributed by atoms with Crippen LogP contribution in [0.25, 0.3) is 0 Å². The molecule has 2 aromatic carbocycles. The lowest BCUT2D eigenvalue weighted by atomic mass is 10.1. The van der Waals surface area contributed by atoms with Crippen molar-refractivity contribution in [1.29, 1.82) is 0 Å². The average molecular weight is 479 g/mol. The first-order chi connectivity index (χ1) is 15.8. The van der Waals surface area contributed by atoms with E-state index < -0.39 is 26.6 Å². The van der Waals surface area contributed by atoms with Gasteiger partial charge in [0.25, 0.3) is 0 Å². The van der Waals surface area contributed by atoms with Gasteiger partial charge in [0.2, 0.25) is 15.9 Å². The molecule has 1 N–H and O–H groups in total. The molecule has 4 rings (SSSR count). The number of anilines is 1. The Morgan fingerprint density at radius 3 is 2.42 bits per heavy atom. The number of benzene rings is 2. The second-order valence-corrected chi connectivity index (χ2v) is 10.4. The number of halogens is 2. The van der Waals surface area contributed by atoms with Crippen molar-refractivity contribution < 1.29 is 22.0 Å². The molecule has 2 saturated heterocycles. The Labute approximate surface area is 193 Å². The Hall–Kier alpha value is -2.56. The zero-order valence-corrected chi connectivity index (χ0v) is 19.1. The fourth-order valence-corrected chi connectivity index (χ4v) is 5.81. The van der Waals surface area contributed by atoms with Gasteiger partial charge >= 0.3 is 0 Å². The predicted molar refractivity (Wildman–Crippen MR) is 121 cm³/mol. The van der Waals surface area contributed by atoms with Crippen molar-refractivity contribution in [1.82, 2.24) is 14.5 Å². The molecular weight excluding hydrogens is 450 g/mol. The van der Waals surface area contributed by atoms with Crippen LogP contribution in [0.5, 0.6) is 0 Å². The molecule has 7 nitrogen and oxygen atoms in total. The fourth-order valence-electron chi connectivity index (χ4n) is 4.34. The highest BCUT2D eigenvalue weighted by Gasteiger charge is 2.31.